The van der Waals surface area contributed by atoms with E-state index in [1.165, 1.54) is 7.11 Å². The van der Waals surface area contributed by atoms with Crippen LogP contribution in [-0.4, -0.2) is 24.9 Å². The lowest BCUT2D eigenvalue weighted by atomic mass is 10.00. The molecule has 1 atom stereocenters. The Balaban J connectivity index is 1.47. The second-order valence-electron chi connectivity index (χ2n) is 8.08. The molecule has 0 radical (unpaired) electrons. The van der Waals surface area contributed by atoms with Gasteiger partial charge in [0.15, 0.2) is 5.78 Å². The molecule has 5 heteroatoms. The highest BCUT2D eigenvalue weighted by Gasteiger charge is 2.22. The molecule has 35 heavy (non-hydrogen) atoms. The van der Waals surface area contributed by atoms with Crippen molar-refractivity contribution in [2.24, 2.45) is 0 Å². The van der Waals surface area contributed by atoms with Gasteiger partial charge in [-0.25, -0.2) is 4.79 Å². The smallest absolute Gasteiger partial charge is 0.328 e. The number of carbonyl (C=O) groups excluding carboxylic acids is 2. The maximum Gasteiger partial charge on any atom is 0.328 e. The maximum absolute atomic E-state index is 13.1. The van der Waals surface area contributed by atoms with Crippen LogP contribution in [0.2, 0.25) is 0 Å². The third kappa shape index (κ3) is 6.36. The summed E-state index contributed by atoms with van der Waals surface area (Å²) in [6.45, 7) is 0.485. The van der Waals surface area contributed by atoms with Gasteiger partial charge in [0.25, 0.3) is 0 Å². The molecule has 1 unspecified atom stereocenters. The second-order valence-corrected chi connectivity index (χ2v) is 8.08. The fourth-order valence-electron chi connectivity index (χ4n) is 3.77. The van der Waals surface area contributed by atoms with Crippen LogP contribution in [-0.2, 0) is 22.6 Å². The van der Waals surface area contributed by atoms with Gasteiger partial charge in [-0.2, -0.15) is 0 Å². The van der Waals surface area contributed by atoms with Crippen LogP contribution in [0.5, 0.6) is 5.75 Å². The summed E-state index contributed by atoms with van der Waals surface area (Å²) in [6, 6.07) is 33.2. The molecule has 1 N–H and O–H groups in total. The van der Waals surface area contributed by atoms with Crippen molar-refractivity contribution in [1.29, 1.82) is 0 Å². The molecule has 0 amide bonds. The summed E-state index contributed by atoms with van der Waals surface area (Å²) in [5.41, 5.74) is 3.70. The van der Waals surface area contributed by atoms with Crippen LogP contribution in [0.25, 0.3) is 0 Å². The minimum atomic E-state index is -0.666. The van der Waals surface area contributed by atoms with Gasteiger partial charge in [0.05, 0.1) is 7.11 Å². The van der Waals surface area contributed by atoms with Crippen LogP contribution >= 0.6 is 0 Å². The molecule has 5 nitrogen and oxygen atoms in total. The Morgan fingerprint density at radius 3 is 2.06 bits per heavy atom. The minimum absolute atomic E-state index is 0.114. The van der Waals surface area contributed by atoms with E-state index in [1.54, 1.807) is 24.3 Å². The highest BCUT2D eigenvalue weighted by Crippen LogP contribution is 2.22. The van der Waals surface area contributed by atoms with Gasteiger partial charge in [-0.05, 0) is 35.4 Å². The van der Waals surface area contributed by atoms with Crippen molar-refractivity contribution in [3.8, 4) is 5.75 Å². The predicted molar refractivity (Wildman–Crippen MR) is 137 cm³/mol. The van der Waals surface area contributed by atoms with E-state index in [4.69, 9.17) is 9.47 Å². The zero-order valence-corrected chi connectivity index (χ0v) is 19.5. The van der Waals surface area contributed by atoms with Gasteiger partial charge in [-0.15, -0.1) is 0 Å². The summed E-state index contributed by atoms with van der Waals surface area (Å²) in [4.78, 5) is 25.7. The number of nitrogens with one attached hydrogen (secondary N) is 1. The molecule has 0 bridgehead atoms. The quantitative estimate of drug-likeness (QED) is 0.241. The van der Waals surface area contributed by atoms with E-state index in [9.17, 15) is 9.59 Å². The van der Waals surface area contributed by atoms with Gasteiger partial charge < -0.3 is 14.8 Å². The summed E-state index contributed by atoms with van der Waals surface area (Å²) in [6.07, 6.45) is 0.388. The Bertz CT molecular complexity index is 1250. The number of hydrogen-bond donors (Lipinski definition) is 1. The Kier molecular flexibility index (Phi) is 7.92. The molecule has 0 aliphatic rings. The van der Waals surface area contributed by atoms with E-state index in [1.807, 2.05) is 84.9 Å². The SMILES string of the molecule is COC(=O)C(Cc1ccc(OCc2ccccc2)cc1)Nc1ccccc1C(=O)c1ccccc1. The summed E-state index contributed by atoms with van der Waals surface area (Å²) >= 11 is 0. The molecule has 4 rings (SSSR count). The average molecular weight is 466 g/mol. The number of esters is 1. The molecular weight excluding hydrogens is 438 g/mol. The Labute approximate surface area is 205 Å². The highest BCUT2D eigenvalue weighted by molar-refractivity contribution is 6.12. The first-order valence-corrected chi connectivity index (χ1v) is 11.4. The molecule has 0 aromatic heterocycles. The van der Waals surface area contributed by atoms with Crippen LogP contribution in [0.3, 0.4) is 0 Å². The molecule has 0 heterocycles. The molecule has 0 aliphatic carbocycles. The summed E-state index contributed by atoms with van der Waals surface area (Å²) in [7, 11) is 1.36. The third-order valence-corrected chi connectivity index (χ3v) is 5.63. The van der Waals surface area contributed by atoms with Gasteiger partial charge in [-0.3, -0.25) is 4.79 Å². The maximum atomic E-state index is 13.1. The zero-order valence-electron chi connectivity index (χ0n) is 19.5. The first kappa shape index (κ1) is 23.8. The number of ketones is 1. The van der Waals surface area contributed by atoms with Crippen LogP contribution in [0.4, 0.5) is 5.69 Å². The first-order chi connectivity index (χ1) is 17.1. The van der Waals surface area contributed by atoms with Crippen molar-refractivity contribution in [1.82, 2.24) is 0 Å². The Hall–Kier alpha value is -4.38. The zero-order chi connectivity index (χ0) is 24.5. The van der Waals surface area contributed by atoms with E-state index >= 15 is 0 Å². The molecular formula is C30H27NO4. The van der Waals surface area contributed by atoms with E-state index < -0.39 is 12.0 Å². The summed E-state index contributed by atoms with van der Waals surface area (Å²) in [5.74, 6) is 0.229. The molecule has 0 spiro atoms. The van der Waals surface area contributed by atoms with E-state index in [2.05, 4.69) is 5.32 Å². The number of benzene rings is 4. The Morgan fingerprint density at radius 2 is 1.37 bits per heavy atom. The van der Waals surface area contributed by atoms with Crippen molar-refractivity contribution in [2.45, 2.75) is 19.1 Å². The molecule has 176 valence electrons. The summed E-state index contributed by atoms with van der Waals surface area (Å²) in [5, 5.41) is 3.23. The number of carbonyl (C=O) groups is 2. The van der Waals surface area contributed by atoms with Gasteiger partial charge in [0, 0.05) is 23.2 Å². The van der Waals surface area contributed by atoms with Crippen molar-refractivity contribution in [3.05, 3.63) is 131 Å². The molecule has 0 saturated carbocycles. The van der Waals surface area contributed by atoms with Gasteiger partial charge in [-0.1, -0.05) is 84.9 Å². The monoisotopic (exact) mass is 465 g/mol. The van der Waals surface area contributed by atoms with Crippen molar-refractivity contribution < 1.29 is 19.1 Å². The third-order valence-electron chi connectivity index (χ3n) is 5.63. The molecule has 0 saturated heterocycles. The number of hydrogen-bond acceptors (Lipinski definition) is 5. The minimum Gasteiger partial charge on any atom is -0.489 e. The van der Waals surface area contributed by atoms with Gasteiger partial charge in [0.2, 0.25) is 0 Å². The van der Waals surface area contributed by atoms with Crippen molar-refractivity contribution in [2.75, 3.05) is 12.4 Å². The largest absolute Gasteiger partial charge is 0.489 e. The highest BCUT2D eigenvalue weighted by atomic mass is 16.5. The number of ether oxygens (including phenoxy) is 2. The normalized spacial score (nSPS) is 11.3. The van der Waals surface area contributed by atoms with Crippen LogP contribution in [0.15, 0.2) is 109 Å². The van der Waals surface area contributed by atoms with Crippen molar-refractivity contribution in [3.63, 3.8) is 0 Å². The summed E-state index contributed by atoms with van der Waals surface area (Å²) < 4.78 is 10.9. The van der Waals surface area contributed by atoms with Crippen LogP contribution < -0.4 is 10.1 Å². The average Bonchev–Trinajstić information content (AvgIpc) is 2.93. The van der Waals surface area contributed by atoms with Crippen LogP contribution in [0, 0.1) is 0 Å². The lowest BCUT2D eigenvalue weighted by Gasteiger charge is -2.20. The van der Waals surface area contributed by atoms with Crippen molar-refractivity contribution >= 4 is 17.4 Å². The number of rotatable bonds is 10. The fourth-order valence-corrected chi connectivity index (χ4v) is 3.77. The number of anilines is 1. The van der Waals surface area contributed by atoms with Crippen LogP contribution in [0.1, 0.15) is 27.0 Å². The van der Waals surface area contributed by atoms with E-state index in [-0.39, 0.29) is 5.78 Å². The molecule has 4 aromatic carbocycles. The molecule has 0 aliphatic heterocycles. The first-order valence-electron chi connectivity index (χ1n) is 11.4. The predicted octanol–water partition coefficient (Wildman–Crippen LogP) is 5.69. The van der Waals surface area contributed by atoms with E-state index in [0.717, 1.165) is 16.9 Å². The van der Waals surface area contributed by atoms with Gasteiger partial charge >= 0.3 is 5.97 Å². The fraction of sp³-hybridized carbons (Fsp3) is 0.133. The lowest BCUT2D eigenvalue weighted by molar-refractivity contribution is -0.141. The van der Waals surface area contributed by atoms with Gasteiger partial charge in [0.1, 0.15) is 18.4 Å². The Morgan fingerprint density at radius 1 is 0.743 bits per heavy atom. The lowest BCUT2D eigenvalue weighted by Crippen LogP contribution is -2.33. The topological polar surface area (TPSA) is 64.6 Å². The number of methoxy groups -OCH3 is 1. The standard InChI is InChI=1S/C30H27NO4/c1-34-30(33)28(20-22-16-18-25(19-17-22)35-21-23-10-4-2-5-11-23)31-27-15-9-8-14-26(27)29(32)24-12-6-3-7-13-24/h2-19,28,31H,20-21H2,1H3. The van der Waals surface area contributed by atoms with E-state index in [0.29, 0.717) is 29.8 Å². The second kappa shape index (κ2) is 11.7. The molecule has 0 fully saturated rings. The molecule has 4 aromatic rings. The number of para-hydroxylation sites is 1.